The Morgan fingerprint density at radius 3 is 0.989 bits per heavy atom. The summed E-state index contributed by atoms with van der Waals surface area (Å²) in [6, 6.07) is 0. The summed E-state index contributed by atoms with van der Waals surface area (Å²) in [5.74, 6) is -2.36. The molecule has 0 aromatic carbocycles. The van der Waals surface area contributed by atoms with Crippen LogP contribution in [0.4, 0.5) is 0 Å². The molecule has 0 N–H and O–H groups in total. The maximum Gasteiger partial charge on any atom is 0.306 e. The molecule has 89 heavy (non-hydrogen) atoms. The zero-order valence-electron chi connectivity index (χ0n) is 58.3. The summed E-state index contributed by atoms with van der Waals surface area (Å²) < 4.78 is 22.7. The first-order valence-electron chi connectivity index (χ1n) is 36.7. The molecule has 2 atom stereocenters. The van der Waals surface area contributed by atoms with Crippen molar-refractivity contribution >= 4 is 17.9 Å². The minimum atomic E-state index is -1.64. The Morgan fingerprint density at radius 1 is 0.348 bits per heavy atom. The van der Waals surface area contributed by atoms with Crippen molar-refractivity contribution in [3.63, 3.8) is 0 Å². The Bertz CT molecular complexity index is 1880. The summed E-state index contributed by atoms with van der Waals surface area (Å²) in [6.45, 7) is 4.57. The number of carbonyl (C=O) groups is 3. The minimum Gasteiger partial charge on any atom is -0.545 e. The van der Waals surface area contributed by atoms with E-state index in [4.69, 9.17) is 18.9 Å². The first-order valence-corrected chi connectivity index (χ1v) is 36.7. The molecule has 0 amide bonds. The second kappa shape index (κ2) is 69.6. The number of allylic oxidation sites excluding steroid dienone is 20. The number of aliphatic carboxylic acids is 1. The van der Waals surface area contributed by atoms with Crippen LogP contribution in [0, 0.1) is 0 Å². The van der Waals surface area contributed by atoms with Crippen molar-refractivity contribution in [3.05, 3.63) is 122 Å². The Kier molecular flexibility index (Phi) is 66.2. The number of hydrogen-bond acceptors (Lipinski definition) is 8. The van der Waals surface area contributed by atoms with E-state index in [2.05, 4.69) is 135 Å². The predicted octanol–water partition coefficient (Wildman–Crippen LogP) is 21.8. The Labute approximate surface area is 548 Å². The SMILES string of the molecule is CC/C=C\C/C=C\C/C=C\C/C=C\C/C=C\C/C=C\C/C=C\CCCC(=O)OC(COC(=O)CCCCCCCCCCCCCCCCCCCCCCCCCCCC/C=C\C/C=C\C/C=C\CCCCCCC)COC(OCC[N+](C)(C)C)C(=O)[O-]. The van der Waals surface area contributed by atoms with E-state index in [9.17, 15) is 19.5 Å². The molecule has 0 heterocycles. The van der Waals surface area contributed by atoms with Crippen LogP contribution < -0.4 is 5.11 Å². The molecular formula is C80H137NO8. The molecule has 0 spiro atoms. The molecule has 0 aliphatic heterocycles. The van der Waals surface area contributed by atoms with Gasteiger partial charge in [0.1, 0.15) is 13.2 Å². The molecule has 2 unspecified atom stereocenters. The number of carboxylic acid groups (broad SMARTS) is 1. The topological polar surface area (TPSA) is 111 Å². The third-order valence-corrected chi connectivity index (χ3v) is 15.7. The molecule has 0 saturated carbocycles. The average molecular weight is 1240 g/mol. The van der Waals surface area contributed by atoms with E-state index in [-0.39, 0.29) is 38.6 Å². The summed E-state index contributed by atoms with van der Waals surface area (Å²) in [5, 5.41) is 11.8. The van der Waals surface area contributed by atoms with Gasteiger partial charge in [0.15, 0.2) is 12.4 Å². The van der Waals surface area contributed by atoms with Gasteiger partial charge in [0.05, 0.1) is 40.3 Å². The lowest BCUT2D eigenvalue weighted by atomic mass is 10.0. The largest absolute Gasteiger partial charge is 0.545 e. The molecule has 510 valence electrons. The average Bonchev–Trinajstić information content (AvgIpc) is 3.64. The van der Waals surface area contributed by atoms with Gasteiger partial charge in [-0.25, -0.2) is 0 Å². The standard InChI is InChI=1S/C80H137NO8/c1-6-8-10-12-14-16-18-20-22-24-26-28-30-31-32-33-34-35-36-37-38-39-40-41-42-43-44-45-46-47-49-50-52-54-56-58-60-62-64-66-68-70-77(82)87-74-76(75-88-80(79(84)85)86-73-72-81(3,4)5)89-78(83)71-69-67-65-63-61-59-57-55-53-51-48-29-27-25-23-21-19-17-15-13-11-9-7-2/h9,11,15,17-18,20-21,23-24,26-27,29-31,51,53,57,59,63,65,76,80H,6-8,10,12-14,16,19,22,25,28,32-50,52,54-56,58,60-62,64,66-75H2,1-5H3/b11-9-,17-15-,20-18-,23-21-,26-24-,29-27-,31-30-,53-51-,59-57-,65-63-. The third kappa shape index (κ3) is 71.0. The Morgan fingerprint density at radius 2 is 0.652 bits per heavy atom. The van der Waals surface area contributed by atoms with Crippen LogP contribution in [0.25, 0.3) is 0 Å². The van der Waals surface area contributed by atoms with Crippen molar-refractivity contribution in [2.45, 2.75) is 322 Å². The van der Waals surface area contributed by atoms with E-state index < -0.39 is 24.3 Å². The Balaban J connectivity index is 4.04. The second-order valence-corrected chi connectivity index (χ2v) is 25.5. The summed E-state index contributed by atoms with van der Waals surface area (Å²) in [6.07, 6.45) is 96.1. The minimum absolute atomic E-state index is 0.132. The van der Waals surface area contributed by atoms with Crippen LogP contribution in [0.5, 0.6) is 0 Å². The van der Waals surface area contributed by atoms with Crippen LogP contribution in [0.3, 0.4) is 0 Å². The highest BCUT2D eigenvalue weighted by Crippen LogP contribution is 2.18. The summed E-state index contributed by atoms with van der Waals surface area (Å²) >= 11 is 0. The highest BCUT2D eigenvalue weighted by atomic mass is 16.7. The maximum absolute atomic E-state index is 12.9. The third-order valence-electron chi connectivity index (χ3n) is 15.7. The lowest BCUT2D eigenvalue weighted by molar-refractivity contribution is -0.870. The molecule has 0 saturated heterocycles. The van der Waals surface area contributed by atoms with Gasteiger partial charge in [0.25, 0.3) is 0 Å². The lowest BCUT2D eigenvalue weighted by Gasteiger charge is -2.26. The van der Waals surface area contributed by atoms with Crippen LogP contribution in [0.1, 0.15) is 309 Å². The molecule has 9 nitrogen and oxygen atoms in total. The van der Waals surface area contributed by atoms with E-state index in [1.54, 1.807) is 0 Å². The molecule has 0 aliphatic carbocycles. The Hall–Kier alpha value is -4.31. The molecule has 0 bridgehead atoms. The normalized spacial score (nSPS) is 13.4. The van der Waals surface area contributed by atoms with E-state index in [1.807, 2.05) is 21.1 Å². The molecule has 0 rings (SSSR count). The van der Waals surface area contributed by atoms with Gasteiger partial charge in [-0.05, 0) is 103 Å². The van der Waals surface area contributed by atoms with Crippen LogP contribution >= 0.6 is 0 Å². The summed E-state index contributed by atoms with van der Waals surface area (Å²) in [7, 11) is 5.91. The fourth-order valence-corrected chi connectivity index (χ4v) is 10.1. The zero-order valence-corrected chi connectivity index (χ0v) is 58.3. The smallest absolute Gasteiger partial charge is 0.306 e. The fourth-order valence-electron chi connectivity index (χ4n) is 10.1. The van der Waals surface area contributed by atoms with Crippen molar-refractivity contribution < 1.29 is 42.9 Å². The highest BCUT2D eigenvalue weighted by molar-refractivity contribution is 5.70. The molecule has 0 radical (unpaired) electrons. The number of rotatable bonds is 67. The quantitative estimate of drug-likeness (QED) is 0.0195. The summed E-state index contributed by atoms with van der Waals surface area (Å²) in [5.41, 5.74) is 0. The van der Waals surface area contributed by atoms with Crippen LogP contribution in [-0.2, 0) is 33.3 Å². The zero-order chi connectivity index (χ0) is 64.7. The van der Waals surface area contributed by atoms with Gasteiger partial charge in [0.2, 0.25) is 0 Å². The van der Waals surface area contributed by atoms with Gasteiger partial charge in [-0.1, -0.05) is 315 Å². The second-order valence-electron chi connectivity index (χ2n) is 25.5. The van der Waals surface area contributed by atoms with Gasteiger partial charge in [-0.3, -0.25) is 9.59 Å². The van der Waals surface area contributed by atoms with Crippen molar-refractivity contribution in [2.24, 2.45) is 0 Å². The number of quaternary nitrogens is 1. The predicted molar refractivity (Wildman–Crippen MR) is 380 cm³/mol. The molecule has 0 fully saturated rings. The van der Waals surface area contributed by atoms with Crippen LogP contribution in [-0.4, -0.2) is 82.3 Å². The summed E-state index contributed by atoms with van der Waals surface area (Å²) in [4.78, 5) is 37.4. The first kappa shape index (κ1) is 84.7. The number of nitrogens with zero attached hydrogens (tertiary/aromatic N) is 1. The number of esters is 2. The first-order chi connectivity index (χ1) is 43.6. The number of likely N-dealkylation sites (N-methyl/N-ethyl adjacent to an activating group) is 1. The molecule has 0 aromatic rings. The number of hydrogen-bond donors (Lipinski definition) is 0. The molecular weight excluding hydrogens is 1100 g/mol. The van der Waals surface area contributed by atoms with Crippen molar-refractivity contribution in [1.82, 2.24) is 0 Å². The van der Waals surface area contributed by atoms with Crippen LogP contribution in [0.2, 0.25) is 0 Å². The van der Waals surface area contributed by atoms with Crippen molar-refractivity contribution in [1.29, 1.82) is 0 Å². The van der Waals surface area contributed by atoms with Gasteiger partial charge in [-0.15, -0.1) is 0 Å². The van der Waals surface area contributed by atoms with E-state index >= 15 is 0 Å². The molecule has 0 aromatic heterocycles. The van der Waals surface area contributed by atoms with Gasteiger partial charge < -0.3 is 33.3 Å². The van der Waals surface area contributed by atoms with E-state index in [0.717, 1.165) is 77.0 Å². The van der Waals surface area contributed by atoms with E-state index in [1.165, 1.54) is 193 Å². The number of carboxylic acids is 1. The lowest BCUT2D eigenvalue weighted by Crippen LogP contribution is -2.44. The fraction of sp³-hybridized carbons (Fsp3) is 0.713. The van der Waals surface area contributed by atoms with Gasteiger partial charge >= 0.3 is 11.9 Å². The monoisotopic (exact) mass is 1240 g/mol. The van der Waals surface area contributed by atoms with Crippen molar-refractivity contribution in [2.75, 3.05) is 47.5 Å². The maximum atomic E-state index is 12.9. The van der Waals surface area contributed by atoms with Gasteiger partial charge in [0, 0.05) is 12.8 Å². The van der Waals surface area contributed by atoms with Gasteiger partial charge in [-0.2, -0.15) is 0 Å². The highest BCUT2D eigenvalue weighted by Gasteiger charge is 2.22. The number of ether oxygens (including phenoxy) is 4. The molecule has 0 aliphatic rings. The number of unbranched alkanes of at least 4 members (excludes halogenated alkanes) is 32. The van der Waals surface area contributed by atoms with Crippen LogP contribution in [0.15, 0.2) is 122 Å². The number of carbonyl (C=O) groups excluding carboxylic acids is 3. The van der Waals surface area contributed by atoms with E-state index in [0.29, 0.717) is 23.9 Å². The molecule has 9 heteroatoms. The van der Waals surface area contributed by atoms with Crippen molar-refractivity contribution in [3.8, 4) is 0 Å².